The third-order valence-electron chi connectivity index (χ3n) is 5.25. The molecule has 5 nitrogen and oxygen atoms in total. The summed E-state index contributed by atoms with van der Waals surface area (Å²) in [5.74, 6) is 0.211. The van der Waals surface area contributed by atoms with Crippen LogP contribution in [0.5, 0.6) is 5.75 Å². The zero-order valence-electron chi connectivity index (χ0n) is 16.5. The Morgan fingerprint density at radius 2 is 1.83 bits per heavy atom. The van der Waals surface area contributed by atoms with Gasteiger partial charge in [0, 0.05) is 48.2 Å². The summed E-state index contributed by atoms with van der Waals surface area (Å²) in [4.78, 5) is 28.9. The summed E-state index contributed by atoms with van der Waals surface area (Å²) < 4.78 is 19.4. The fourth-order valence-corrected chi connectivity index (χ4v) is 4.03. The van der Waals surface area contributed by atoms with Crippen LogP contribution in [0.3, 0.4) is 0 Å². The van der Waals surface area contributed by atoms with E-state index in [0.29, 0.717) is 38.0 Å². The van der Waals surface area contributed by atoms with Crippen LogP contribution >= 0.6 is 15.9 Å². The molecule has 0 aromatic heterocycles. The van der Waals surface area contributed by atoms with Crippen molar-refractivity contribution in [2.75, 3.05) is 27.2 Å². The molecule has 3 rings (SSSR count). The minimum atomic E-state index is -0.365. The van der Waals surface area contributed by atoms with Crippen LogP contribution < -0.4 is 4.74 Å². The molecule has 2 aromatic carbocycles. The Hall–Kier alpha value is -2.41. The lowest BCUT2D eigenvalue weighted by Gasteiger charge is -2.33. The van der Waals surface area contributed by atoms with E-state index in [1.54, 1.807) is 24.0 Å². The van der Waals surface area contributed by atoms with E-state index >= 15 is 0 Å². The van der Waals surface area contributed by atoms with Gasteiger partial charge in [-0.1, -0.05) is 15.9 Å². The smallest absolute Gasteiger partial charge is 0.253 e. The average molecular weight is 463 g/mol. The summed E-state index contributed by atoms with van der Waals surface area (Å²) in [6.07, 6.45) is 1.23. The van der Waals surface area contributed by atoms with E-state index in [-0.39, 0.29) is 23.5 Å². The highest BCUT2D eigenvalue weighted by molar-refractivity contribution is 9.10. The molecule has 0 aliphatic carbocycles. The van der Waals surface area contributed by atoms with E-state index in [9.17, 15) is 14.0 Å². The standard InChI is InChI=1S/C22H24BrFN2O3/c1-25(14-17-13-18(23)5-8-20(17)29-2)21(27)16-9-11-26(12-10-16)22(28)15-3-6-19(24)7-4-15/h3-8,13,16H,9-12,14H2,1-2H3. The molecule has 2 aromatic rings. The maximum Gasteiger partial charge on any atom is 0.253 e. The van der Waals surface area contributed by atoms with Crippen LogP contribution in [-0.4, -0.2) is 48.9 Å². The second-order valence-electron chi connectivity index (χ2n) is 7.22. The molecule has 0 atom stereocenters. The van der Waals surface area contributed by atoms with Crippen molar-refractivity contribution >= 4 is 27.7 Å². The van der Waals surface area contributed by atoms with Crippen molar-refractivity contribution < 1.29 is 18.7 Å². The van der Waals surface area contributed by atoms with Gasteiger partial charge in [0.25, 0.3) is 5.91 Å². The molecule has 1 heterocycles. The monoisotopic (exact) mass is 462 g/mol. The summed E-state index contributed by atoms with van der Waals surface area (Å²) in [5, 5.41) is 0. The van der Waals surface area contributed by atoms with Crippen LogP contribution in [-0.2, 0) is 11.3 Å². The topological polar surface area (TPSA) is 49.9 Å². The Morgan fingerprint density at radius 3 is 2.45 bits per heavy atom. The highest BCUT2D eigenvalue weighted by Crippen LogP contribution is 2.26. The number of piperidine rings is 1. The molecular formula is C22H24BrFN2O3. The first-order valence-corrected chi connectivity index (χ1v) is 10.3. The first-order chi connectivity index (χ1) is 13.9. The van der Waals surface area contributed by atoms with Gasteiger partial charge in [0.15, 0.2) is 0 Å². The maximum absolute atomic E-state index is 13.1. The summed E-state index contributed by atoms with van der Waals surface area (Å²) in [6, 6.07) is 11.3. The minimum absolute atomic E-state index is 0.0703. The van der Waals surface area contributed by atoms with Crippen molar-refractivity contribution in [1.29, 1.82) is 0 Å². The number of ether oxygens (including phenoxy) is 1. The largest absolute Gasteiger partial charge is 0.496 e. The number of hydrogen-bond acceptors (Lipinski definition) is 3. The van der Waals surface area contributed by atoms with Crippen LogP contribution in [0.25, 0.3) is 0 Å². The Morgan fingerprint density at radius 1 is 1.17 bits per heavy atom. The van der Waals surface area contributed by atoms with Crippen LogP contribution in [0.4, 0.5) is 4.39 Å². The Balaban J connectivity index is 1.57. The predicted molar refractivity (Wildman–Crippen MR) is 112 cm³/mol. The van der Waals surface area contributed by atoms with E-state index in [1.807, 2.05) is 18.2 Å². The van der Waals surface area contributed by atoms with Crippen LogP contribution in [0.1, 0.15) is 28.8 Å². The van der Waals surface area contributed by atoms with E-state index in [0.717, 1.165) is 15.8 Å². The summed E-state index contributed by atoms with van der Waals surface area (Å²) in [5.41, 5.74) is 1.40. The number of nitrogens with zero attached hydrogens (tertiary/aromatic N) is 2. The molecule has 1 aliphatic heterocycles. The first-order valence-electron chi connectivity index (χ1n) is 9.51. The van der Waals surface area contributed by atoms with Gasteiger partial charge < -0.3 is 14.5 Å². The fourth-order valence-electron chi connectivity index (χ4n) is 3.62. The number of likely N-dealkylation sites (tertiary alicyclic amines) is 1. The lowest BCUT2D eigenvalue weighted by atomic mass is 9.94. The summed E-state index contributed by atoms with van der Waals surface area (Å²) in [7, 11) is 3.40. The quantitative estimate of drug-likeness (QED) is 0.671. The van der Waals surface area contributed by atoms with Crippen molar-refractivity contribution in [3.05, 3.63) is 63.9 Å². The molecule has 0 saturated carbocycles. The molecule has 0 spiro atoms. The third kappa shape index (κ3) is 5.15. The van der Waals surface area contributed by atoms with Gasteiger partial charge in [0.1, 0.15) is 11.6 Å². The number of carbonyl (C=O) groups is 2. The lowest BCUT2D eigenvalue weighted by Crippen LogP contribution is -2.43. The van der Waals surface area contributed by atoms with E-state index < -0.39 is 0 Å². The molecule has 0 radical (unpaired) electrons. The maximum atomic E-state index is 13.1. The predicted octanol–water partition coefficient (Wildman–Crippen LogP) is 4.11. The molecule has 2 amide bonds. The third-order valence-corrected chi connectivity index (χ3v) is 5.74. The van der Waals surface area contributed by atoms with Gasteiger partial charge in [0.2, 0.25) is 5.91 Å². The van der Waals surface area contributed by atoms with Gasteiger partial charge in [-0.15, -0.1) is 0 Å². The molecule has 0 bridgehead atoms. The molecule has 7 heteroatoms. The Bertz CT molecular complexity index is 880. The van der Waals surface area contributed by atoms with E-state index in [4.69, 9.17) is 4.74 Å². The molecule has 154 valence electrons. The molecular weight excluding hydrogens is 439 g/mol. The number of methoxy groups -OCH3 is 1. The highest BCUT2D eigenvalue weighted by Gasteiger charge is 2.29. The normalized spacial score (nSPS) is 14.6. The van der Waals surface area contributed by atoms with Gasteiger partial charge in [-0.05, 0) is 55.3 Å². The number of carbonyl (C=O) groups excluding carboxylic acids is 2. The first kappa shape index (κ1) is 21.3. The molecule has 1 aliphatic rings. The van der Waals surface area contributed by atoms with Crippen LogP contribution in [0, 0.1) is 11.7 Å². The molecule has 1 fully saturated rings. The van der Waals surface area contributed by atoms with Crippen LogP contribution in [0.2, 0.25) is 0 Å². The van der Waals surface area contributed by atoms with Crippen molar-refractivity contribution in [3.8, 4) is 5.75 Å². The van der Waals surface area contributed by atoms with Gasteiger partial charge in [-0.25, -0.2) is 4.39 Å². The van der Waals surface area contributed by atoms with Gasteiger partial charge in [-0.2, -0.15) is 0 Å². The number of amides is 2. The van der Waals surface area contributed by atoms with Crippen molar-refractivity contribution in [2.24, 2.45) is 5.92 Å². The second-order valence-corrected chi connectivity index (χ2v) is 8.14. The lowest BCUT2D eigenvalue weighted by molar-refractivity contribution is -0.136. The SMILES string of the molecule is COc1ccc(Br)cc1CN(C)C(=O)C1CCN(C(=O)c2ccc(F)cc2)CC1. The van der Waals surface area contributed by atoms with Crippen molar-refractivity contribution in [2.45, 2.75) is 19.4 Å². The number of halogens is 2. The summed E-state index contributed by atoms with van der Waals surface area (Å²) in [6.45, 7) is 1.48. The number of benzene rings is 2. The highest BCUT2D eigenvalue weighted by atomic mass is 79.9. The second kappa shape index (κ2) is 9.39. The molecule has 29 heavy (non-hydrogen) atoms. The minimum Gasteiger partial charge on any atom is -0.496 e. The van der Waals surface area contributed by atoms with E-state index in [1.165, 1.54) is 24.3 Å². The zero-order valence-corrected chi connectivity index (χ0v) is 18.1. The number of hydrogen-bond donors (Lipinski definition) is 0. The Kier molecular flexibility index (Phi) is 6.90. The van der Waals surface area contributed by atoms with Gasteiger partial charge in [-0.3, -0.25) is 9.59 Å². The van der Waals surface area contributed by atoms with Gasteiger partial charge in [0.05, 0.1) is 7.11 Å². The fraction of sp³-hybridized carbons (Fsp3) is 0.364. The van der Waals surface area contributed by atoms with Gasteiger partial charge >= 0.3 is 0 Å². The molecule has 1 saturated heterocycles. The average Bonchev–Trinajstić information content (AvgIpc) is 2.73. The van der Waals surface area contributed by atoms with Crippen molar-refractivity contribution in [3.63, 3.8) is 0 Å². The van der Waals surface area contributed by atoms with E-state index in [2.05, 4.69) is 15.9 Å². The zero-order chi connectivity index (χ0) is 21.0. The number of rotatable bonds is 5. The summed E-state index contributed by atoms with van der Waals surface area (Å²) >= 11 is 3.46. The Labute approximate surface area is 178 Å². The van der Waals surface area contributed by atoms with Crippen LogP contribution in [0.15, 0.2) is 46.9 Å². The molecule has 0 N–H and O–H groups in total. The van der Waals surface area contributed by atoms with Crippen molar-refractivity contribution in [1.82, 2.24) is 9.80 Å². The molecule has 0 unspecified atom stereocenters.